The third-order valence-corrected chi connectivity index (χ3v) is 3.73. The predicted octanol–water partition coefficient (Wildman–Crippen LogP) is 3.54. The van der Waals surface area contributed by atoms with E-state index in [1.807, 2.05) is 30.3 Å². The Hall–Kier alpha value is -1.51. The number of carbonyl (C=O) groups excluding carboxylic acids is 1. The average molecular weight is 261 g/mol. The lowest BCUT2D eigenvalue weighted by Gasteiger charge is -2.21. The highest BCUT2D eigenvalue weighted by Crippen LogP contribution is 2.22. The fourth-order valence-electron chi connectivity index (χ4n) is 2.58. The minimum atomic E-state index is -0.276. The summed E-state index contributed by atoms with van der Waals surface area (Å²) in [6, 6.07) is 10.1. The molecule has 1 amide bonds. The Morgan fingerprint density at radius 1 is 1.16 bits per heavy atom. The normalized spacial score (nSPS) is 16.0. The van der Waals surface area contributed by atoms with Crippen LogP contribution in [-0.2, 0) is 11.2 Å². The molecule has 2 rings (SSSR count). The number of alkyl carbamates (subject to hydrolysis) is 1. The molecule has 1 aliphatic rings. The smallest absolute Gasteiger partial charge is 0.407 e. The zero-order chi connectivity index (χ0) is 13.3. The number of amides is 1. The van der Waals surface area contributed by atoms with Crippen LogP contribution in [0.2, 0.25) is 0 Å². The van der Waals surface area contributed by atoms with Gasteiger partial charge >= 0.3 is 6.09 Å². The first-order chi connectivity index (χ1) is 9.34. The molecule has 0 aliphatic heterocycles. The molecule has 1 aromatic carbocycles. The largest absolute Gasteiger partial charge is 0.449 e. The number of nitrogens with one attached hydrogen (secondary N) is 1. The first-order valence-electron chi connectivity index (χ1n) is 7.29. The first kappa shape index (κ1) is 13.9. The van der Waals surface area contributed by atoms with Crippen LogP contribution in [0.15, 0.2) is 30.3 Å². The first-order valence-corrected chi connectivity index (χ1v) is 7.29. The molecule has 104 valence electrons. The van der Waals surface area contributed by atoms with Crippen molar-refractivity contribution < 1.29 is 9.53 Å². The lowest BCUT2D eigenvalue weighted by Crippen LogP contribution is -2.31. The van der Waals surface area contributed by atoms with Gasteiger partial charge in [-0.3, -0.25) is 0 Å². The Labute approximate surface area is 115 Å². The van der Waals surface area contributed by atoms with E-state index in [1.54, 1.807) is 0 Å². The van der Waals surface area contributed by atoms with Crippen molar-refractivity contribution in [2.75, 3.05) is 13.2 Å². The fraction of sp³-hybridized carbons (Fsp3) is 0.562. The fourth-order valence-corrected chi connectivity index (χ4v) is 2.58. The third-order valence-electron chi connectivity index (χ3n) is 3.73. The molecule has 1 aromatic rings. The van der Waals surface area contributed by atoms with Crippen LogP contribution in [0, 0.1) is 5.92 Å². The van der Waals surface area contributed by atoms with Gasteiger partial charge in [0.05, 0.1) is 6.61 Å². The van der Waals surface area contributed by atoms with Gasteiger partial charge in [0.1, 0.15) is 0 Å². The Bertz CT molecular complexity index is 372. The van der Waals surface area contributed by atoms with E-state index in [-0.39, 0.29) is 6.09 Å². The van der Waals surface area contributed by atoms with Gasteiger partial charge in [-0.15, -0.1) is 0 Å². The summed E-state index contributed by atoms with van der Waals surface area (Å²) < 4.78 is 5.19. The average Bonchev–Trinajstić information content (AvgIpc) is 2.47. The second kappa shape index (κ2) is 7.82. The number of hydrogen-bond acceptors (Lipinski definition) is 2. The molecular formula is C16H23NO2. The molecule has 0 bridgehead atoms. The van der Waals surface area contributed by atoms with Gasteiger partial charge in [-0.05, 0) is 24.3 Å². The van der Waals surface area contributed by atoms with Crippen molar-refractivity contribution in [3.05, 3.63) is 35.9 Å². The second-order valence-electron chi connectivity index (χ2n) is 5.26. The van der Waals surface area contributed by atoms with Gasteiger partial charge < -0.3 is 10.1 Å². The molecule has 1 aliphatic carbocycles. The zero-order valence-electron chi connectivity index (χ0n) is 11.4. The second-order valence-corrected chi connectivity index (χ2v) is 5.26. The van der Waals surface area contributed by atoms with E-state index >= 15 is 0 Å². The van der Waals surface area contributed by atoms with Crippen molar-refractivity contribution in [1.29, 1.82) is 0 Å². The maximum Gasteiger partial charge on any atom is 0.407 e. The van der Waals surface area contributed by atoms with Crippen molar-refractivity contribution >= 4 is 6.09 Å². The molecule has 1 saturated carbocycles. The van der Waals surface area contributed by atoms with Gasteiger partial charge in [-0.1, -0.05) is 49.6 Å². The van der Waals surface area contributed by atoms with Crippen LogP contribution in [0.4, 0.5) is 4.79 Å². The topological polar surface area (TPSA) is 38.3 Å². The number of ether oxygens (including phenoxy) is 1. The Morgan fingerprint density at radius 2 is 1.89 bits per heavy atom. The van der Waals surface area contributed by atoms with Crippen LogP contribution in [0.3, 0.4) is 0 Å². The highest BCUT2D eigenvalue weighted by Gasteiger charge is 2.14. The molecule has 3 heteroatoms. The monoisotopic (exact) mass is 261 g/mol. The van der Waals surface area contributed by atoms with Crippen molar-refractivity contribution in [2.45, 2.75) is 38.5 Å². The van der Waals surface area contributed by atoms with Gasteiger partial charge in [-0.2, -0.15) is 0 Å². The molecule has 0 heterocycles. The van der Waals surface area contributed by atoms with E-state index in [4.69, 9.17) is 4.74 Å². The molecule has 1 N–H and O–H groups in total. The van der Waals surface area contributed by atoms with E-state index in [2.05, 4.69) is 5.32 Å². The maximum atomic E-state index is 11.5. The van der Waals surface area contributed by atoms with Gasteiger partial charge in [-0.25, -0.2) is 4.79 Å². The summed E-state index contributed by atoms with van der Waals surface area (Å²) in [6.07, 6.45) is 6.93. The number of benzene rings is 1. The summed E-state index contributed by atoms with van der Waals surface area (Å²) >= 11 is 0. The summed E-state index contributed by atoms with van der Waals surface area (Å²) in [5.41, 5.74) is 1.20. The third kappa shape index (κ3) is 5.33. The van der Waals surface area contributed by atoms with E-state index < -0.39 is 0 Å². The lowest BCUT2D eigenvalue weighted by atomic mass is 9.89. The van der Waals surface area contributed by atoms with Crippen molar-refractivity contribution in [3.63, 3.8) is 0 Å². The Balaban J connectivity index is 1.57. The molecule has 0 atom stereocenters. The zero-order valence-corrected chi connectivity index (χ0v) is 11.4. The number of carbonyl (C=O) groups is 1. The molecule has 19 heavy (non-hydrogen) atoms. The van der Waals surface area contributed by atoms with E-state index in [9.17, 15) is 4.79 Å². The summed E-state index contributed by atoms with van der Waals surface area (Å²) in [7, 11) is 0. The van der Waals surface area contributed by atoms with Crippen LogP contribution in [0.1, 0.15) is 37.7 Å². The minimum Gasteiger partial charge on any atom is -0.449 e. The van der Waals surface area contributed by atoms with Gasteiger partial charge in [0.2, 0.25) is 0 Å². The highest BCUT2D eigenvalue weighted by atomic mass is 16.5. The Morgan fingerprint density at radius 3 is 2.63 bits per heavy atom. The van der Waals surface area contributed by atoms with E-state index in [1.165, 1.54) is 37.7 Å². The maximum absolute atomic E-state index is 11.5. The van der Waals surface area contributed by atoms with Crippen molar-refractivity contribution in [1.82, 2.24) is 5.32 Å². The SMILES string of the molecule is O=C(NCC1CCCCC1)OCCc1ccccc1. The summed E-state index contributed by atoms with van der Waals surface area (Å²) in [4.78, 5) is 11.5. The van der Waals surface area contributed by atoms with Crippen molar-refractivity contribution in [2.24, 2.45) is 5.92 Å². The molecule has 0 radical (unpaired) electrons. The van der Waals surface area contributed by atoms with E-state index in [0.717, 1.165) is 13.0 Å². The Kier molecular flexibility index (Phi) is 5.73. The quantitative estimate of drug-likeness (QED) is 0.880. The molecule has 0 aromatic heterocycles. The molecule has 1 fully saturated rings. The van der Waals surface area contributed by atoms with Gasteiger partial charge in [0, 0.05) is 13.0 Å². The lowest BCUT2D eigenvalue weighted by molar-refractivity contribution is 0.144. The van der Waals surface area contributed by atoms with E-state index in [0.29, 0.717) is 12.5 Å². The molecule has 3 nitrogen and oxygen atoms in total. The van der Waals surface area contributed by atoms with Crippen LogP contribution in [0.5, 0.6) is 0 Å². The van der Waals surface area contributed by atoms with Gasteiger partial charge in [0.25, 0.3) is 0 Å². The summed E-state index contributed by atoms with van der Waals surface area (Å²) in [6.45, 7) is 1.21. The van der Waals surface area contributed by atoms with Crippen LogP contribution in [0.25, 0.3) is 0 Å². The van der Waals surface area contributed by atoms with Crippen LogP contribution in [-0.4, -0.2) is 19.2 Å². The molecule has 0 spiro atoms. The summed E-state index contributed by atoms with van der Waals surface area (Å²) in [5, 5.41) is 2.88. The van der Waals surface area contributed by atoms with Gasteiger partial charge in [0.15, 0.2) is 0 Å². The van der Waals surface area contributed by atoms with Crippen molar-refractivity contribution in [3.8, 4) is 0 Å². The molecule has 0 saturated heterocycles. The van der Waals surface area contributed by atoms with Crippen LogP contribution < -0.4 is 5.32 Å². The summed E-state index contributed by atoms with van der Waals surface area (Å²) in [5.74, 6) is 0.649. The molecular weight excluding hydrogens is 238 g/mol. The minimum absolute atomic E-state index is 0.276. The number of hydrogen-bond donors (Lipinski definition) is 1. The predicted molar refractivity (Wildman–Crippen MR) is 76.1 cm³/mol. The van der Waals surface area contributed by atoms with Crippen LogP contribution >= 0.6 is 0 Å². The highest BCUT2D eigenvalue weighted by molar-refractivity contribution is 5.67. The standard InChI is InChI=1S/C16H23NO2/c18-16(17-13-15-9-5-2-6-10-15)19-12-11-14-7-3-1-4-8-14/h1,3-4,7-8,15H,2,5-6,9-13H2,(H,17,18). The molecule has 0 unspecified atom stereocenters. The number of rotatable bonds is 5.